The standard InChI is InChI=1S/C15H17ClN2O4/c1-3-22-14(19)12-11(8-16)17-15(20)18-13(12)9-5-4-6-10(7-9)21-2/h4-7,13H,3,8H2,1-2H3,(H2,17,18,20). The van der Waals surface area contributed by atoms with Gasteiger partial charge in [0.05, 0.1) is 31.2 Å². The summed E-state index contributed by atoms with van der Waals surface area (Å²) in [5.74, 6) is 0.113. The van der Waals surface area contributed by atoms with Crippen molar-refractivity contribution in [2.24, 2.45) is 0 Å². The lowest BCUT2D eigenvalue weighted by Crippen LogP contribution is -2.46. The van der Waals surface area contributed by atoms with Crippen LogP contribution in [0.25, 0.3) is 0 Å². The molecule has 0 saturated carbocycles. The van der Waals surface area contributed by atoms with E-state index in [0.717, 1.165) is 0 Å². The molecule has 0 aromatic heterocycles. The van der Waals surface area contributed by atoms with Crippen molar-refractivity contribution in [3.8, 4) is 5.75 Å². The molecule has 1 atom stereocenters. The molecule has 2 rings (SSSR count). The second kappa shape index (κ2) is 7.17. The number of hydrogen-bond donors (Lipinski definition) is 2. The topological polar surface area (TPSA) is 76.7 Å². The Balaban J connectivity index is 2.49. The molecule has 1 aromatic carbocycles. The molecule has 0 radical (unpaired) electrons. The number of halogens is 1. The molecule has 7 heteroatoms. The summed E-state index contributed by atoms with van der Waals surface area (Å²) >= 11 is 5.86. The molecule has 2 amide bonds. The zero-order chi connectivity index (χ0) is 16.1. The van der Waals surface area contributed by atoms with Crippen LogP contribution >= 0.6 is 11.6 Å². The van der Waals surface area contributed by atoms with Gasteiger partial charge >= 0.3 is 12.0 Å². The normalized spacial score (nSPS) is 17.6. The summed E-state index contributed by atoms with van der Waals surface area (Å²) in [6.07, 6.45) is 0. The van der Waals surface area contributed by atoms with Crippen molar-refractivity contribution in [2.45, 2.75) is 13.0 Å². The van der Waals surface area contributed by atoms with Crippen molar-refractivity contribution in [2.75, 3.05) is 19.6 Å². The van der Waals surface area contributed by atoms with Gasteiger partial charge in [-0.25, -0.2) is 9.59 Å². The molecule has 1 unspecified atom stereocenters. The molecule has 0 saturated heterocycles. The van der Waals surface area contributed by atoms with Gasteiger partial charge < -0.3 is 20.1 Å². The molecule has 1 aliphatic heterocycles. The molecule has 1 aromatic rings. The predicted molar refractivity (Wildman–Crippen MR) is 81.8 cm³/mol. The number of nitrogens with one attached hydrogen (secondary N) is 2. The number of urea groups is 1. The van der Waals surface area contributed by atoms with E-state index in [1.165, 1.54) is 0 Å². The molecule has 118 valence electrons. The highest BCUT2D eigenvalue weighted by Gasteiger charge is 2.33. The van der Waals surface area contributed by atoms with Crippen LogP contribution < -0.4 is 15.4 Å². The molecule has 22 heavy (non-hydrogen) atoms. The van der Waals surface area contributed by atoms with Crippen LogP contribution in [-0.4, -0.2) is 31.6 Å². The number of esters is 1. The Bertz CT molecular complexity index is 615. The van der Waals surface area contributed by atoms with Gasteiger partial charge in [0.25, 0.3) is 0 Å². The summed E-state index contributed by atoms with van der Waals surface area (Å²) in [7, 11) is 1.55. The van der Waals surface area contributed by atoms with Gasteiger partial charge in [-0.3, -0.25) is 0 Å². The first kappa shape index (κ1) is 16.2. The molecule has 0 spiro atoms. The van der Waals surface area contributed by atoms with Crippen molar-refractivity contribution in [1.82, 2.24) is 10.6 Å². The van der Waals surface area contributed by atoms with Crippen molar-refractivity contribution in [3.05, 3.63) is 41.1 Å². The maximum Gasteiger partial charge on any atom is 0.338 e. The number of carbonyl (C=O) groups is 2. The van der Waals surface area contributed by atoms with E-state index in [4.69, 9.17) is 21.1 Å². The van der Waals surface area contributed by atoms with E-state index in [-0.39, 0.29) is 12.5 Å². The van der Waals surface area contributed by atoms with E-state index < -0.39 is 18.0 Å². The molecular weight excluding hydrogens is 308 g/mol. The van der Waals surface area contributed by atoms with Crippen molar-refractivity contribution in [1.29, 1.82) is 0 Å². The van der Waals surface area contributed by atoms with Crippen LogP contribution in [0.2, 0.25) is 0 Å². The summed E-state index contributed by atoms with van der Waals surface area (Å²) in [6, 6.07) is 6.05. The van der Waals surface area contributed by atoms with Crippen LogP contribution in [0.5, 0.6) is 5.75 Å². The fourth-order valence-electron chi connectivity index (χ4n) is 2.24. The summed E-state index contributed by atoms with van der Waals surface area (Å²) in [5.41, 5.74) is 1.35. The number of ether oxygens (including phenoxy) is 2. The first-order valence-electron chi connectivity index (χ1n) is 6.78. The Morgan fingerprint density at radius 1 is 1.41 bits per heavy atom. The first-order valence-corrected chi connectivity index (χ1v) is 7.31. The van der Waals surface area contributed by atoms with E-state index in [9.17, 15) is 9.59 Å². The molecule has 1 heterocycles. The highest BCUT2D eigenvalue weighted by atomic mass is 35.5. The third-order valence-electron chi connectivity index (χ3n) is 3.21. The smallest absolute Gasteiger partial charge is 0.338 e. The number of alkyl halides is 1. The molecule has 6 nitrogen and oxygen atoms in total. The minimum absolute atomic E-state index is 0.00202. The zero-order valence-electron chi connectivity index (χ0n) is 12.3. The molecule has 2 N–H and O–H groups in total. The number of methoxy groups -OCH3 is 1. The van der Waals surface area contributed by atoms with Gasteiger partial charge in [-0.15, -0.1) is 11.6 Å². The Labute approximate surface area is 133 Å². The number of allylic oxidation sites excluding steroid dienone is 1. The average molecular weight is 325 g/mol. The van der Waals surface area contributed by atoms with Crippen LogP contribution in [0, 0.1) is 0 Å². The van der Waals surface area contributed by atoms with E-state index >= 15 is 0 Å². The summed E-state index contributed by atoms with van der Waals surface area (Å²) in [4.78, 5) is 24.0. The average Bonchev–Trinajstić information content (AvgIpc) is 2.54. The van der Waals surface area contributed by atoms with Crippen LogP contribution in [0.1, 0.15) is 18.5 Å². The number of amides is 2. The number of rotatable bonds is 5. The Kier molecular flexibility index (Phi) is 5.27. The third-order valence-corrected chi connectivity index (χ3v) is 3.48. The monoisotopic (exact) mass is 324 g/mol. The second-order valence-electron chi connectivity index (χ2n) is 4.55. The van der Waals surface area contributed by atoms with Crippen LogP contribution in [-0.2, 0) is 9.53 Å². The molecule has 0 bridgehead atoms. The van der Waals surface area contributed by atoms with Crippen LogP contribution in [0.15, 0.2) is 35.5 Å². The maximum absolute atomic E-state index is 12.3. The molecule has 0 aliphatic carbocycles. The van der Waals surface area contributed by atoms with Crippen LogP contribution in [0.4, 0.5) is 4.79 Å². The zero-order valence-corrected chi connectivity index (χ0v) is 13.1. The predicted octanol–water partition coefficient (Wildman–Crippen LogP) is 2.11. The minimum Gasteiger partial charge on any atom is -0.497 e. The fraction of sp³-hybridized carbons (Fsp3) is 0.333. The van der Waals surface area contributed by atoms with E-state index in [1.807, 2.05) is 0 Å². The quantitative estimate of drug-likeness (QED) is 0.642. The minimum atomic E-state index is -0.642. The molecular formula is C15H17ClN2O4. The van der Waals surface area contributed by atoms with Crippen molar-refractivity contribution >= 4 is 23.6 Å². The largest absolute Gasteiger partial charge is 0.497 e. The Morgan fingerprint density at radius 3 is 2.82 bits per heavy atom. The van der Waals surface area contributed by atoms with E-state index in [1.54, 1.807) is 38.3 Å². The summed E-state index contributed by atoms with van der Waals surface area (Å²) in [6.45, 7) is 1.95. The summed E-state index contributed by atoms with van der Waals surface area (Å²) in [5, 5.41) is 5.26. The highest BCUT2D eigenvalue weighted by molar-refractivity contribution is 6.20. The third kappa shape index (κ3) is 3.33. The van der Waals surface area contributed by atoms with Gasteiger partial charge in [-0.2, -0.15) is 0 Å². The lowest BCUT2D eigenvalue weighted by atomic mass is 9.95. The number of benzene rings is 1. The lowest BCUT2D eigenvalue weighted by Gasteiger charge is -2.28. The molecule has 1 aliphatic rings. The van der Waals surface area contributed by atoms with Gasteiger partial charge in [0.2, 0.25) is 0 Å². The highest BCUT2D eigenvalue weighted by Crippen LogP contribution is 2.30. The Morgan fingerprint density at radius 2 is 2.18 bits per heavy atom. The molecule has 0 fully saturated rings. The first-order chi connectivity index (χ1) is 10.6. The maximum atomic E-state index is 12.3. The fourth-order valence-corrected chi connectivity index (χ4v) is 2.46. The van der Waals surface area contributed by atoms with E-state index in [0.29, 0.717) is 22.6 Å². The summed E-state index contributed by atoms with van der Waals surface area (Å²) < 4.78 is 10.3. The number of carbonyl (C=O) groups excluding carboxylic acids is 2. The van der Waals surface area contributed by atoms with Gasteiger partial charge in [0, 0.05) is 5.70 Å². The van der Waals surface area contributed by atoms with Crippen molar-refractivity contribution in [3.63, 3.8) is 0 Å². The second-order valence-corrected chi connectivity index (χ2v) is 4.82. The lowest BCUT2D eigenvalue weighted by molar-refractivity contribution is -0.139. The van der Waals surface area contributed by atoms with Gasteiger partial charge in [-0.1, -0.05) is 12.1 Å². The van der Waals surface area contributed by atoms with Crippen LogP contribution in [0.3, 0.4) is 0 Å². The van der Waals surface area contributed by atoms with Gasteiger partial charge in [-0.05, 0) is 24.6 Å². The number of hydrogen-bond acceptors (Lipinski definition) is 4. The Hall–Kier alpha value is -2.21. The van der Waals surface area contributed by atoms with Gasteiger partial charge in [0.15, 0.2) is 0 Å². The van der Waals surface area contributed by atoms with E-state index in [2.05, 4.69) is 10.6 Å². The SMILES string of the molecule is CCOC(=O)C1=C(CCl)NC(=O)NC1c1cccc(OC)c1. The van der Waals surface area contributed by atoms with Gasteiger partial charge in [0.1, 0.15) is 5.75 Å². The van der Waals surface area contributed by atoms with Crippen molar-refractivity contribution < 1.29 is 19.1 Å².